The molecule has 1 aromatic carbocycles. The Morgan fingerprint density at radius 2 is 2.05 bits per heavy atom. The molecular formula is C15H20BrF2NO. The van der Waals surface area contributed by atoms with Crippen LogP contribution in [0.2, 0.25) is 0 Å². The third-order valence-electron chi connectivity index (χ3n) is 3.85. The highest BCUT2D eigenvalue weighted by molar-refractivity contribution is 9.10. The third-order valence-corrected chi connectivity index (χ3v) is 4.71. The molecule has 1 saturated heterocycles. The molecule has 2 nitrogen and oxygen atoms in total. The first-order valence-electron chi connectivity index (χ1n) is 6.97. The number of halogens is 3. The molecule has 20 heavy (non-hydrogen) atoms. The van der Waals surface area contributed by atoms with Crippen LogP contribution in [0.25, 0.3) is 0 Å². The van der Waals surface area contributed by atoms with Crippen LogP contribution in [0.4, 0.5) is 8.78 Å². The summed E-state index contributed by atoms with van der Waals surface area (Å²) in [5.41, 5.74) is 0.942. The van der Waals surface area contributed by atoms with Crippen LogP contribution in [-0.2, 0) is 0 Å². The van der Waals surface area contributed by atoms with E-state index in [4.69, 9.17) is 4.74 Å². The Morgan fingerprint density at radius 1 is 1.35 bits per heavy atom. The molecule has 0 bridgehead atoms. The smallest absolute Gasteiger partial charge is 0.254 e. The van der Waals surface area contributed by atoms with Gasteiger partial charge in [-0.05, 0) is 45.0 Å². The highest BCUT2D eigenvalue weighted by atomic mass is 79.9. The lowest BCUT2D eigenvalue weighted by atomic mass is 9.90. The van der Waals surface area contributed by atoms with Gasteiger partial charge in [-0.25, -0.2) is 8.78 Å². The first-order valence-corrected chi connectivity index (χ1v) is 7.76. The van der Waals surface area contributed by atoms with Crippen LogP contribution in [0.15, 0.2) is 22.7 Å². The van der Waals surface area contributed by atoms with E-state index in [9.17, 15) is 8.78 Å². The highest BCUT2D eigenvalue weighted by Crippen LogP contribution is 2.34. The number of hydrogen-bond acceptors (Lipinski definition) is 2. The number of ether oxygens (including phenoxy) is 1. The predicted molar refractivity (Wildman–Crippen MR) is 79.5 cm³/mol. The molecule has 0 radical (unpaired) electrons. The summed E-state index contributed by atoms with van der Waals surface area (Å²) in [5.74, 6) is -2.49. The van der Waals surface area contributed by atoms with Gasteiger partial charge in [0.2, 0.25) is 0 Å². The lowest BCUT2D eigenvalue weighted by Gasteiger charge is -2.30. The molecule has 1 N–H and O–H groups in total. The molecule has 0 aliphatic carbocycles. The second kappa shape index (κ2) is 6.85. The highest BCUT2D eigenvalue weighted by Gasteiger charge is 2.39. The van der Waals surface area contributed by atoms with Crippen molar-refractivity contribution in [1.82, 2.24) is 5.32 Å². The topological polar surface area (TPSA) is 21.3 Å². The second-order valence-electron chi connectivity index (χ2n) is 5.25. The van der Waals surface area contributed by atoms with Gasteiger partial charge in [-0.2, -0.15) is 0 Å². The number of alkyl halides is 2. The van der Waals surface area contributed by atoms with E-state index in [2.05, 4.69) is 21.2 Å². The average Bonchev–Trinajstić information content (AvgIpc) is 2.44. The van der Waals surface area contributed by atoms with Gasteiger partial charge in [0.05, 0.1) is 6.61 Å². The lowest BCUT2D eigenvalue weighted by Crippen LogP contribution is -2.38. The van der Waals surface area contributed by atoms with Gasteiger partial charge in [0.1, 0.15) is 5.75 Å². The molecule has 0 unspecified atom stereocenters. The number of nitrogens with one attached hydrogen (secondary N) is 1. The summed E-state index contributed by atoms with van der Waals surface area (Å²) in [7, 11) is 0. The molecule has 1 fully saturated rings. The maximum Gasteiger partial charge on any atom is 0.254 e. The fourth-order valence-corrected chi connectivity index (χ4v) is 2.84. The Hall–Kier alpha value is -0.680. The minimum Gasteiger partial charge on any atom is -0.493 e. The Labute approximate surface area is 127 Å². The summed E-state index contributed by atoms with van der Waals surface area (Å²) >= 11 is 3.40. The molecule has 0 atom stereocenters. The van der Waals surface area contributed by atoms with Crippen LogP contribution < -0.4 is 10.1 Å². The van der Waals surface area contributed by atoms with Gasteiger partial charge >= 0.3 is 0 Å². The van der Waals surface area contributed by atoms with Crippen molar-refractivity contribution in [3.63, 3.8) is 0 Å². The van der Waals surface area contributed by atoms with Gasteiger partial charge in [-0.3, -0.25) is 0 Å². The molecule has 1 aliphatic rings. The Balaban J connectivity index is 1.86. The third kappa shape index (κ3) is 3.92. The molecule has 0 spiro atoms. The summed E-state index contributed by atoms with van der Waals surface area (Å²) < 4.78 is 34.6. The van der Waals surface area contributed by atoms with Crippen molar-refractivity contribution in [3.8, 4) is 5.75 Å². The molecule has 5 heteroatoms. The molecule has 1 heterocycles. The lowest BCUT2D eigenvalue weighted by molar-refractivity contribution is -0.0818. The maximum absolute atomic E-state index is 14.1. The van der Waals surface area contributed by atoms with Crippen molar-refractivity contribution in [2.75, 3.05) is 19.7 Å². The summed E-state index contributed by atoms with van der Waals surface area (Å²) in [6.07, 6.45) is 0.870. The molecule has 2 rings (SSSR count). The van der Waals surface area contributed by atoms with Gasteiger partial charge in [0.15, 0.2) is 0 Å². The first-order chi connectivity index (χ1) is 9.50. The van der Waals surface area contributed by atoms with E-state index < -0.39 is 11.8 Å². The maximum atomic E-state index is 14.1. The normalized spacial score (nSPS) is 17.2. The Kier molecular flexibility index (Phi) is 5.38. The van der Waals surface area contributed by atoms with Gasteiger partial charge in [-0.1, -0.05) is 22.0 Å². The Morgan fingerprint density at radius 3 is 2.75 bits per heavy atom. The number of piperidine rings is 1. The van der Waals surface area contributed by atoms with E-state index in [0.717, 1.165) is 10.0 Å². The van der Waals surface area contributed by atoms with Crippen LogP contribution in [0.3, 0.4) is 0 Å². The van der Waals surface area contributed by atoms with Gasteiger partial charge in [0.25, 0.3) is 5.92 Å². The summed E-state index contributed by atoms with van der Waals surface area (Å²) in [6, 6.07) is 5.56. The fourth-order valence-electron chi connectivity index (χ4n) is 2.49. The van der Waals surface area contributed by atoms with Crippen LogP contribution >= 0.6 is 15.9 Å². The number of rotatable bonds is 5. The van der Waals surface area contributed by atoms with E-state index in [0.29, 0.717) is 31.7 Å². The van der Waals surface area contributed by atoms with Crippen molar-refractivity contribution in [1.29, 1.82) is 0 Å². The molecule has 1 aliphatic heterocycles. The fraction of sp³-hybridized carbons (Fsp3) is 0.600. The zero-order valence-corrected chi connectivity index (χ0v) is 13.2. The number of hydrogen-bond donors (Lipinski definition) is 1. The summed E-state index contributed by atoms with van der Waals surface area (Å²) in [6.45, 7) is 3.33. The van der Waals surface area contributed by atoms with Crippen LogP contribution in [-0.4, -0.2) is 25.6 Å². The zero-order valence-electron chi connectivity index (χ0n) is 11.6. The molecule has 0 amide bonds. The minimum atomic E-state index is -2.64. The molecule has 0 saturated carbocycles. The van der Waals surface area contributed by atoms with Gasteiger partial charge in [0, 0.05) is 22.4 Å². The van der Waals surface area contributed by atoms with Gasteiger partial charge in [-0.15, -0.1) is 0 Å². The standard InChI is InChI=1S/C15H20BrF2NO/c1-11-13(16)3-2-4-14(11)20-10-7-15(17,18)12-5-8-19-9-6-12/h2-4,12,19H,5-10H2,1H3. The largest absolute Gasteiger partial charge is 0.493 e. The van der Waals surface area contributed by atoms with E-state index in [-0.39, 0.29) is 13.0 Å². The van der Waals surface area contributed by atoms with E-state index in [1.165, 1.54) is 0 Å². The van der Waals surface area contributed by atoms with E-state index in [1.807, 2.05) is 25.1 Å². The predicted octanol–water partition coefficient (Wildman–Crippen LogP) is 4.16. The zero-order chi connectivity index (χ0) is 14.6. The van der Waals surface area contributed by atoms with Crippen LogP contribution in [0, 0.1) is 12.8 Å². The molecular weight excluding hydrogens is 328 g/mol. The second-order valence-corrected chi connectivity index (χ2v) is 6.10. The quantitative estimate of drug-likeness (QED) is 0.863. The first kappa shape index (κ1) is 15.7. The van der Waals surface area contributed by atoms with Crippen LogP contribution in [0.1, 0.15) is 24.8 Å². The molecule has 112 valence electrons. The number of benzene rings is 1. The Bertz CT molecular complexity index is 447. The SMILES string of the molecule is Cc1c(Br)cccc1OCCC(F)(F)C1CCNCC1. The average molecular weight is 348 g/mol. The van der Waals surface area contributed by atoms with Crippen molar-refractivity contribution in [2.45, 2.75) is 32.1 Å². The van der Waals surface area contributed by atoms with Crippen molar-refractivity contribution >= 4 is 15.9 Å². The summed E-state index contributed by atoms with van der Waals surface area (Å²) in [4.78, 5) is 0. The van der Waals surface area contributed by atoms with E-state index in [1.54, 1.807) is 0 Å². The minimum absolute atomic E-state index is 0.0498. The van der Waals surface area contributed by atoms with Crippen molar-refractivity contribution < 1.29 is 13.5 Å². The molecule has 1 aromatic rings. The van der Waals surface area contributed by atoms with E-state index >= 15 is 0 Å². The van der Waals surface area contributed by atoms with Gasteiger partial charge < -0.3 is 10.1 Å². The molecule has 0 aromatic heterocycles. The van der Waals surface area contributed by atoms with Crippen molar-refractivity contribution in [2.24, 2.45) is 5.92 Å². The van der Waals surface area contributed by atoms with Crippen molar-refractivity contribution in [3.05, 3.63) is 28.2 Å². The monoisotopic (exact) mass is 347 g/mol. The summed E-state index contributed by atoms with van der Waals surface area (Å²) in [5, 5.41) is 3.11. The van der Waals surface area contributed by atoms with Crippen LogP contribution in [0.5, 0.6) is 5.75 Å².